The Bertz CT molecular complexity index is 468. The van der Waals surface area contributed by atoms with Gasteiger partial charge in [-0.1, -0.05) is 38.0 Å². The molecule has 21 heavy (non-hydrogen) atoms. The van der Waals surface area contributed by atoms with E-state index in [1.54, 1.807) is 12.1 Å². The lowest BCUT2D eigenvalue weighted by Crippen LogP contribution is -2.63. The van der Waals surface area contributed by atoms with Crippen LogP contribution < -0.4 is 5.32 Å². The highest BCUT2D eigenvalue weighted by molar-refractivity contribution is 5.17. The van der Waals surface area contributed by atoms with Gasteiger partial charge in [0.15, 0.2) is 0 Å². The summed E-state index contributed by atoms with van der Waals surface area (Å²) in [5, 5.41) is 3.82. The van der Waals surface area contributed by atoms with E-state index in [0.717, 1.165) is 31.6 Å². The summed E-state index contributed by atoms with van der Waals surface area (Å²) < 4.78 is 13.8. The highest BCUT2D eigenvalue weighted by atomic mass is 19.1. The van der Waals surface area contributed by atoms with Crippen LogP contribution in [0.5, 0.6) is 0 Å². The van der Waals surface area contributed by atoms with Gasteiger partial charge in [-0.15, -0.1) is 0 Å². The van der Waals surface area contributed by atoms with Crippen molar-refractivity contribution in [2.45, 2.75) is 57.0 Å². The molecule has 1 saturated carbocycles. The smallest absolute Gasteiger partial charge is 0.126 e. The molecule has 1 heterocycles. The van der Waals surface area contributed by atoms with Crippen LogP contribution in [0.25, 0.3) is 0 Å². The second kappa shape index (κ2) is 6.45. The summed E-state index contributed by atoms with van der Waals surface area (Å²) in [6, 6.07) is 7.80. The van der Waals surface area contributed by atoms with Gasteiger partial charge >= 0.3 is 0 Å². The van der Waals surface area contributed by atoms with Gasteiger partial charge in [-0.05, 0) is 37.3 Å². The van der Waals surface area contributed by atoms with E-state index in [4.69, 9.17) is 0 Å². The van der Waals surface area contributed by atoms with Crippen LogP contribution in [0.3, 0.4) is 0 Å². The number of halogens is 1. The highest BCUT2D eigenvalue weighted by Gasteiger charge is 2.40. The molecular formula is C18H27FN2. The molecule has 1 aromatic rings. The maximum atomic E-state index is 13.8. The van der Waals surface area contributed by atoms with Gasteiger partial charge in [0.1, 0.15) is 5.82 Å². The number of hydrogen-bond donors (Lipinski definition) is 1. The molecule has 0 aromatic heterocycles. The molecule has 0 radical (unpaired) electrons. The van der Waals surface area contributed by atoms with Gasteiger partial charge in [0.05, 0.1) is 0 Å². The molecule has 1 spiro atoms. The zero-order valence-corrected chi connectivity index (χ0v) is 13.1. The van der Waals surface area contributed by atoms with E-state index in [1.807, 2.05) is 12.1 Å². The first-order valence-electron chi connectivity index (χ1n) is 8.45. The summed E-state index contributed by atoms with van der Waals surface area (Å²) in [6.07, 6.45) is 7.30. The number of piperazine rings is 1. The minimum absolute atomic E-state index is 0.0590. The van der Waals surface area contributed by atoms with E-state index in [9.17, 15) is 4.39 Å². The average Bonchev–Trinajstić information content (AvgIpc) is 2.95. The Morgan fingerprint density at radius 1 is 1.29 bits per heavy atom. The van der Waals surface area contributed by atoms with E-state index in [1.165, 1.54) is 32.1 Å². The topological polar surface area (TPSA) is 15.3 Å². The number of nitrogens with zero attached hydrogens (tertiary/aromatic N) is 1. The second-order valence-electron chi connectivity index (χ2n) is 6.74. The largest absolute Gasteiger partial charge is 0.308 e. The van der Waals surface area contributed by atoms with Crippen molar-refractivity contribution in [2.24, 2.45) is 0 Å². The SMILES string of the molecule is CCC1CNC2(CCCC2)CN1CCc1ccccc1F. The molecule has 1 unspecified atom stereocenters. The lowest BCUT2D eigenvalue weighted by atomic mass is 9.91. The molecule has 1 aliphatic heterocycles. The lowest BCUT2D eigenvalue weighted by Gasteiger charge is -2.46. The van der Waals surface area contributed by atoms with Gasteiger partial charge in [-0.3, -0.25) is 4.90 Å². The Labute approximate surface area is 127 Å². The first-order chi connectivity index (χ1) is 10.2. The molecule has 0 amide bonds. The van der Waals surface area contributed by atoms with Crippen LogP contribution in [0.1, 0.15) is 44.6 Å². The quantitative estimate of drug-likeness (QED) is 0.914. The predicted octanol–water partition coefficient (Wildman–Crippen LogP) is 3.36. The molecule has 3 rings (SSSR count). The maximum absolute atomic E-state index is 13.8. The Balaban J connectivity index is 1.65. The summed E-state index contributed by atoms with van der Waals surface area (Å²) in [6.45, 7) is 5.46. The first-order valence-corrected chi connectivity index (χ1v) is 8.45. The summed E-state index contributed by atoms with van der Waals surface area (Å²) in [5.41, 5.74) is 1.20. The van der Waals surface area contributed by atoms with E-state index < -0.39 is 0 Å². The normalized spacial score (nSPS) is 25.5. The van der Waals surface area contributed by atoms with Crippen LogP contribution in [-0.4, -0.2) is 36.1 Å². The van der Waals surface area contributed by atoms with Crippen molar-refractivity contribution in [3.05, 3.63) is 35.6 Å². The van der Waals surface area contributed by atoms with Gasteiger partial charge in [0.2, 0.25) is 0 Å². The van der Waals surface area contributed by atoms with Crippen molar-refractivity contribution >= 4 is 0 Å². The third kappa shape index (κ3) is 3.29. The Morgan fingerprint density at radius 3 is 2.76 bits per heavy atom. The molecule has 116 valence electrons. The minimum atomic E-state index is -0.0590. The molecule has 1 aliphatic carbocycles. The first kappa shape index (κ1) is 15.0. The van der Waals surface area contributed by atoms with Crippen LogP contribution in [0, 0.1) is 5.82 Å². The van der Waals surface area contributed by atoms with Crippen LogP contribution in [-0.2, 0) is 6.42 Å². The average molecular weight is 290 g/mol. The van der Waals surface area contributed by atoms with Crippen molar-refractivity contribution < 1.29 is 4.39 Å². The molecule has 0 bridgehead atoms. The van der Waals surface area contributed by atoms with Crippen LogP contribution in [0.15, 0.2) is 24.3 Å². The molecule has 1 atom stereocenters. The van der Waals surface area contributed by atoms with Gasteiger partial charge < -0.3 is 5.32 Å². The molecular weight excluding hydrogens is 263 g/mol. The molecule has 1 N–H and O–H groups in total. The van der Waals surface area contributed by atoms with Gasteiger partial charge in [-0.2, -0.15) is 0 Å². The molecule has 2 nitrogen and oxygen atoms in total. The molecule has 2 aliphatic rings. The van der Waals surface area contributed by atoms with Gasteiger partial charge in [0, 0.05) is 31.2 Å². The summed E-state index contributed by atoms with van der Waals surface area (Å²) in [7, 11) is 0. The summed E-state index contributed by atoms with van der Waals surface area (Å²) >= 11 is 0. The van der Waals surface area contributed by atoms with Crippen molar-refractivity contribution in [3.63, 3.8) is 0 Å². The zero-order chi connectivity index (χ0) is 14.7. The highest BCUT2D eigenvalue weighted by Crippen LogP contribution is 2.33. The maximum Gasteiger partial charge on any atom is 0.126 e. The Hall–Kier alpha value is -0.930. The third-order valence-corrected chi connectivity index (χ3v) is 5.39. The van der Waals surface area contributed by atoms with E-state index in [0.29, 0.717) is 11.6 Å². The van der Waals surface area contributed by atoms with E-state index >= 15 is 0 Å². The molecule has 2 fully saturated rings. The second-order valence-corrected chi connectivity index (χ2v) is 6.74. The third-order valence-electron chi connectivity index (χ3n) is 5.39. The van der Waals surface area contributed by atoms with Crippen molar-refractivity contribution in [2.75, 3.05) is 19.6 Å². The fourth-order valence-electron chi connectivity index (χ4n) is 4.05. The molecule has 3 heteroatoms. The zero-order valence-electron chi connectivity index (χ0n) is 13.1. The van der Waals surface area contributed by atoms with Crippen molar-refractivity contribution in [3.8, 4) is 0 Å². The summed E-state index contributed by atoms with van der Waals surface area (Å²) in [4.78, 5) is 2.61. The standard InChI is InChI=1S/C18H27FN2/c1-2-16-13-20-18(10-5-6-11-18)14-21(16)12-9-15-7-3-4-8-17(15)19/h3-4,7-8,16,20H,2,5-6,9-14H2,1H3. The lowest BCUT2D eigenvalue weighted by molar-refractivity contribution is 0.0792. The van der Waals surface area contributed by atoms with Crippen LogP contribution in [0.4, 0.5) is 4.39 Å². The monoisotopic (exact) mass is 290 g/mol. The van der Waals surface area contributed by atoms with Gasteiger partial charge in [-0.25, -0.2) is 4.39 Å². The predicted molar refractivity (Wildman–Crippen MR) is 85.0 cm³/mol. The Morgan fingerprint density at radius 2 is 2.05 bits per heavy atom. The van der Waals surface area contributed by atoms with Crippen molar-refractivity contribution in [1.82, 2.24) is 10.2 Å². The number of benzene rings is 1. The number of rotatable bonds is 4. The fraction of sp³-hybridized carbons (Fsp3) is 0.667. The Kier molecular flexibility index (Phi) is 4.60. The number of hydrogen-bond acceptors (Lipinski definition) is 2. The number of nitrogens with one attached hydrogen (secondary N) is 1. The minimum Gasteiger partial charge on any atom is -0.308 e. The summed E-state index contributed by atoms with van der Waals surface area (Å²) in [5.74, 6) is -0.0590. The fourth-order valence-corrected chi connectivity index (χ4v) is 4.05. The van der Waals surface area contributed by atoms with E-state index in [2.05, 4.69) is 17.1 Å². The molecule has 1 saturated heterocycles. The van der Waals surface area contributed by atoms with Gasteiger partial charge in [0.25, 0.3) is 0 Å². The molecule has 1 aromatic carbocycles. The van der Waals surface area contributed by atoms with E-state index in [-0.39, 0.29) is 5.82 Å². The van der Waals surface area contributed by atoms with Crippen molar-refractivity contribution in [1.29, 1.82) is 0 Å². The van der Waals surface area contributed by atoms with Crippen LogP contribution >= 0.6 is 0 Å². The van der Waals surface area contributed by atoms with Crippen LogP contribution in [0.2, 0.25) is 0 Å².